The van der Waals surface area contributed by atoms with Crippen molar-refractivity contribution in [3.8, 4) is 0 Å². The second-order valence-corrected chi connectivity index (χ2v) is 0.949. The van der Waals surface area contributed by atoms with Gasteiger partial charge in [0.1, 0.15) is 0 Å². The first-order valence-corrected chi connectivity index (χ1v) is 1.98. The van der Waals surface area contributed by atoms with Gasteiger partial charge in [-0.3, -0.25) is 0 Å². The molecule has 1 heteroatoms. The maximum Gasteiger partial charge on any atom is -0.0629 e. The van der Waals surface area contributed by atoms with E-state index in [1.54, 1.807) is 18.2 Å². The third-order valence-electron chi connectivity index (χ3n) is 0.437. The Morgan fingerprint density at radius 3 is 2.29 bits per heavy atom. The summed E-state index contributed by atoms with van der Waals surface area (Å²) in [6.07, 6.45) is 7.05. The molecule has 0 spiro atoms. The molecule has 0 rings (SSSR count). The number of rotatable bonds is 2. The SMILES string of the molecule is C=CC=CC=C[O-]. The molecule has 0 aliphatic heterocycles. The molecule has 0 N–H and O–H groups in total. The third kappa shape index (κ3) is 5.02. The predicted octanol–water partition coefficient (Wildman–Crippen LogP) is 0.603. The van der Waals surface area contributed by atoms with E-state index in [1.807, 2.05) is 0 Å². The van der Waals surface area contributed by atoms with Crippen molar-refractivity contribution in [3.05, 3.63) is 37.1 Å². The van der Waals surface area contributed by atoms with Crippen LogP contribution in [-0.4, -0.2) is 0 Å². The maximum absolute atomic E-state index is 9.54. The van der Waals surface area contributed by atoms with E-state index in [4.69, 9.17) is 0 Å². The van der Waals surface area contributed by atoms with Crippen LogP contribution in [0.5, 0.6) is 0 Å². The molecule has 0 radical (unpaired) electrons. The van der Waals surface area contributed by atoms with Crippen LogP contribution in [0, 0.1) is 0 Å². The highest BCUT2D eigenvalue weighted by Gasteiger charge is 1.49. The zero-order valence-electron chi connectivity index (χ0n) is 4.00. The Morgan fingerprint density at radius 2 is 1.86 bits per heavy atom. The van der Waals surface area contributed by atoms with Crippen LogP contribution in [0.1, 0.15) is 0 Å². The normalized spacial score (nSPS) is 10.9. The molecule has 0 aliphatic carbocycles. The van der Waals surface area contributed by atoms with Crippen molar-refractivity contribution in [1.82, 2.24) is 0 Å². The molecule has 0 saturated heterocycles. The zero-order valence-corrected chi connectivity index (χ0v) is 4.00. The van der Waals surface area contributed by atoms with Gasteiger partial charge < -0.3 is 5.11 Å². The summed E-state index contributed by atoms with van der Waals surface area (Å²) in [5, 5.41) is 9.54. The standard InChI is InChI=1S/C6H8O/c1-2-3-4-5-6-7/h2-7H,1H2/p-1. The fourth-order valence-corrected chi connectivity index (χ4v) is 0.188. The molecule has 0 atom stereocenters. The Bertz CT molecular complexity index is 90.4. The lowest BCUT2D eigenvalue weighted by Crippen LogP contribution is -1.81. The van der Waals surface area contributed by atoms with E-state index in [0.717, 1.165) is 6.26 Å². The summed E-state index contributed by atoms with van der Waals surface area (Å²) in [5.74, 6) is 0. The van der Waals surface area contributed by atoms with Crippen LogP contribution < -0.4 is 5.11 Å². The highest BCUT2D eigenvalue weighted by molar-refractivity contribution is 5.06. The van der Waals surface area contributed by atoms with Crippen molar-refractivity contribution in [2.24, 2.45) is 0 Å². The molecule has 0 fully saturated rings. The second kappa shape index (κ2) is 5.02. The van der Waals surface area contributed by atoms with Gasteiger partial charge in [0.05, 0.1) is 0 Å². The molecule has 0 aromatic carbocycles. The van der Waals surface area contributed by atoms with Gasteiger partial charge in [-0.1, -0.05) is 30.9 Å². The summed E-state index contributed by atoms with van der Waals surface area (Å²) in [6.45, 7) is 3.41. The molecule has 7 heavy (non-hydrogen) atoms. The van der Waals surface area contributed by atoms with E-state index in [9.17, 15) is 5.11 Å². The highest BCUT2D eigenvalue weighted by atomic mass is 16.2. The van der Waals surface area contributed by atoms with Crippen LogP contribution >= 0.6 is 0 Å². The zero-order chi connectivity index (χ0) is 5.54. The Hall–Kier alpha value is -0.980. The average molecular weight is 95.1 g/mol. The molecule has 1 nitrogen and oxygen atoms in total. The summed E-state index contributed by atoms with van der Waals surface area (Å²) in [6, 6.07) is 0. The molecule has 0 heterocycles. The fraction of sp³-hybridized carbons (Fsp3) is 0. The molecule has 0 aromatic heterocycles. The number of allylic oxidation sites excluding steroid dienone is 4. The van der Waals surface area contributed by atoms with Gasteiger partial charge in [0.25, 0.3) is 0 Å². The highest BCUT2D eigenvalue weighted by Crippen LogP contribution is 1.71. The Balaban J connectivity index is 3.27. The van der Waals surface area contributed by atoms with E-state index < -0.39 is 0 Å². The minimum atomic E-state index is 0.722. The van der Waals surface area contributed by atoms with Gasteiger partial charge in [0.15, 0.2) is 0 Å². The molecule has 0 unspecified atom stereocenters. The summed E-state index contributed by atoms with van der Waals surface area (Å²) in [5.41, 5.74) is 0. The van der Waals surface area contributed by atoms with E-state index in [0.29, 0.717) is 0 Å². The molecule has 38 valence electrons. The van der Waals surface area contributed by atoms with E-state index >= 15 is 0 Å². The monoisotopic (exact) mass is 95.1 g/mol. The van der Waals surface area contributed by atoms with Gasteiger partial charge in [-0.2, -0.15) is 0 Å². The van der Waals surface area contributed by atoms with Gasteiger partial charge in [0, 0.05) is 0 Å². The summed E-state index contributed by atoms with van der Waals surface area (Å²) in [4.78, 5) is 0. The second-order valence-electron chi connectivity index (χ2n) is 0.949. The number of hydrogen-bond acceptors (Lipinski definition) is 1. The first kappa shape index (κ1) is 6.02. The first-order chi connectivity index (χ1) is 3.41. The fourth-order valence-electron chi connectivity index (χ4n) is 0.188. The third-order valence-corrected chi connectivity index (χ3v) is 0.437. The van der Waals surface area contributed by atoms with Gasteiger partial charge >= 0.3 is 0 Å². The largest absolute Gasteiger partial charge is 0.878 e. The molecule has 0 aliphatic rings. The van der Waals surface area contributed by atoms with Gasteiger partial charge in [0.2, 0.25) is 0 Å². The molecule has 0 saturated carbocycles. The van der Waals surface area contributed by atoms with Gasteiger partial charge in [-0.15, -0.1) is 6.26 Å². The lowest BCUT2D eigenvalue weighted by Gasteiger charge is -1.79. The Labute approximate surface area is 43.3 Å². The number of hydrogen-bond donors (Lipinski definition) is 0. The molecular weight excluding hydrogens is 88.1 g/mol. The minimum absolute atomic E-state index is 0.722. The van der Waals surface area contributed by atoms with E-state index in [-0.39, 0.29) is 0 Å². The summed E-state index contributed by atoms with van der Waals surface area (Å²) >= 11 is 0. The van der Waals surface area contributed by atoms with Crippen molar-refractivity contribution >= 4 is 0 Å². The average Bonchev–Trinajstić information content (AvgIpc) is 1.69. The van der Waals surface area contributed by atoms with Crippen molar-refractivity contribution in [2.75, 3.05) is 0 Å². The Morgan fingerprint density at radius 1 is 1.14 bits per heavy atom. The van der Waals surface area contributed by atoms with E-state index in [1.165, 1.54) is 6.08 Å². The van der Waals surface area contributed by atoms with Crippen LogP contribution in [-0.2, 0) is 0 Å². The first-order valence-electron chi connectivity index (χ1n) is 1.98. The van der Waals surface area contributed by atoms with Crippen LogP contribution in [0.25, 0.3) is 0 Å². The van der Waals surface area contributed by atoms with Gasteiger partial charge in [-0.05, 0) is 0 Å². The topological polar surface area (TPSA) is 23.1 Å². The summed E-state index contributed by atoms with van der Waals surface area (Å²) in [7, 11) is 0. The van der Waals surface area contributed by atoms with Crippen LogP contribution in [0.3, 0.4) is 0 Å². The molecule has 0 bridgehead atoms. The Kier molecular flexibility index (Phi) is 4.32. The lowest BCUT2D eigenvalue weighted by atomic mass is 10.5. The van der Waals surface area contributed by atoms with Crippen molar-refractivity contribution < 1.29 is 5.11 Å². The summed E-state index contributed by atoms with van der Waals surface area (Å²) < 4.78 is 0. The van der Waals surface area contributed by atoms with Crippen LogP contribution in [0.15, 0.2) is 37.1 Å². The minimum Gasteiger partial charge on any atom is -0.878 e. The van der Waals surface area contributed by atoms with E-state index in [2.05, 4.69) is 6.58 Å². The van der Waals surface area contributed by atoms with Crippen molar-refractivity contribution in [3.63, 3.8) is 0 Å². The molecule has 0 amide bonds. The predicted molar refractivity (Wildman–Crippen MR) is 28.5 cm³/mol. The molecular formula is C6H7O-. The smallest absolute Gasteiger partial charge is 0.0629 e. The van der Waals surface area contributed by atoms with Crippen LogP contribution in [0.2, 0.25) is 0 Å². The van der Waals surface area contributed by atoms with Crippen molar-refractivity contribution in [2.45, 2.75) is 0 Å². The van der Waals surface area contributed by atoms with Crippen LogP contribution in [0.4, 0.5) is 0 Å². The quantitative estimate of drug-likeness (QED) is 0.364. The lowest BCUT2D eigenvalue weighted by molar-refractivity contribution is -0.274. The van der Waals surface area contributed by atoms with Gasteiger partial charge in [-0.25, -0.2) is 0 Å². The van der Waals surface area contributed by atoms with Crippen molar-refractivity contribution in [1.29, 1.82) is 0 Å². The maximum atomic E-state index is 9.54. The molecule has 0 aromatic rings.